The summed E-state index contributed by atoms with van der Waals surface area (Å²) in [5.74, 6) is 0. The Kier molecular flexibility index (Phi) is 4.86. The summed E-state index contributed by atoms with van der Waals surface area (Å²) in [4.78, 5) is 0. The fraction of sp³-hybridized carbons (Fsp3) is 0. The van der Waals surface area contributed by atoms with Crippen molar-refractivity contribution >= 4 is 66.9 Å². The summed E-state index contributed by atoms with van der Waals surface area (Å²) in [6.07, 6.45) is 0. The molecule has 164 valence electrons. The van der Waals surface area contributed by atoms with Gasteiger partial charge in [0.2, 0.25) is 0 Å². The number of rotatable bonds is 3. The van der Waals surface area contributed by atoms with Crippen molar-refractivity contribution in [3.63, 3.8) is 0 Å². The minimum atomic E-state index is -0.697. The Morgan fingerprint density at radius 3 is 1.51 bits per heavy atom. The summed E-state index contributed by atoms with van der Waals surface area (Å²) in [6, 6.07) is 51.3. The zero-order valence-electron chi connectivity index (χ0n) is 19.2. The van der Waals surface area contributed by atoms with Crippen molar-refractivity contribution in [3.8, 4) is 0 Å². The SMILES string of the molecule is c1ccc(P(c2ccccc2)c2cc3ccc4ccc5ccccc5c4c3c3ccccc23)cc1. The van der Waals surface area contributed by atoms with Gasteiger partial charge in [-0.1, -0.05) is 133 Å². The van der Waals surface area contributed by atoms with Gasteiger partial charge in [0.1, 0.15) is 0 Å². The fourth-order valence-electron chi connectivity index (χ4n) is 5.44. The molecule has 0 unspecified atom stereocenters. The molecule has 0 bridgehead atoms. The summed E-state index contributed by atoms with van der Waals surface area (Å²) < 4.78 is 0. The van der Waals surface area contributed by atoms with Gasteiger partial charge in [-0.3, -0.25) is 0 Å². The van der Waals surface area contributed by atoms with Crippen molar-refractivity contribution in [1.82, 2.24) is 0 Å². The fourth-order valence-corrected chi connectivity index (χ4v) is 7.94. The second-order valence-corrected chi connectivity index (χ2v) is 11.2. The van der Waals surface area contributed by atoms with Crippen molar-refractivity contribution in [2.24, 2.45) is 0 Å². The van der Waals surface area contributed by atoms with Gasteiger partial charge in [-0.25, -0.2) is 0 Å². The zero-order valence-corrected chi connectivity index (χ0v) is 20.1. The maximum Gasteiger partial charge on any atom is -0.00201 e. The third-order valence-electron chi connectivity index (χ3n) is 6.98. The van der Waals surface area contributed by atoms with Crippen LogP contribution >= 0.6 is 7.92 Å². The Morgan fingerprint density at radius 2 is 0.829 bits per heavy atom. The third kappa shape index (κ3) is 3.34. The van der Waals surface area contributed by atoms with Gasteiger partial charge in [0.25, 0.3) is 0 Å². The highest BCUT2D eigenvalue weighted by molar-refractivity contribution is 7.80. The lowest BCUT2D eigenvalue weighted by molar-refractivity contribution is 1.75. The van der Waals surface area contributed by atoms with Gasteiger partial charge in [0.15, 0.2) is 0 Å². The summed E-state index contributed by atoms with van der Waals surface area (Å²) >= 11 is 0. The average Bonchev–Trinajstić information content (AvgIpc) is 2.94. The molecule has 0 spiro atoms. The van der Waals surface area contributed by atoms with E-state index in [-0.39, 0.29) is 0 Å². The van der Waals surface area contributed by atoms with Crippen LogP contribution in [0, 0.1) is 0 Å². The van der Waals surface area contributed by atoms with Crippen molar-refractivity contribution in [1.29, 1.82) is 0 Å². The van der Waals surface area contributed by atoms with E-state index in [1.165, 1.54) is 59.0 Å². The minimum absolute atomic E-state index is 0.697. The molecule has 0 aliphatic rings. The second kappa shape index (κ2) is 8.35. The molecule has 0 fully saturated rings. The number of hydrogen-bond acceptors (Lipinski definition) is 0. The molecule has 0 aliphatic heterocycles. The molecule has 7 aromatic rings. The Morgan fingerprint density at radius 1 is 0.343 bits per heavy atom. The molecule has 0 amide bonds. The quantitative estimate of drug-likeness (QED) is 0.184. The van der Waals surface area contributed by atoms with E-state index in [1.54, 1.807) is 0 Å². The molecule has 7 aromatic carbocycles. The summed E-state index contributed by atoms with van der Waals surface area (Å²) in [5, 5.41) is 14.8. The van der Waals surface area contributed by atoms with E-state index in [0.29, 0.717) is 0 Å². The molecule has 1 heteroatoms. The Labute approximate surface area is 206 Å². The highest BCUT2D eigenvalue weighted by atomic mass is 31.1. The van der Waals surface area contributed by atoms with Crippen LogP contribution in [-0.2, 0) is 0 Å². The van der Waals surface area contributed by atoms with Crippen molar-refractivity contribution < 1.29 is 0 Å². The highest BCUT2D eigenvalue weighted by Gasteiger charge is 2.21. The van der Waals surface area contributed by atoms with E-state index in [0.717, 1.165) is 0 Å². The molecule has 0 atom stereocenters. The van der Waals surface area contributed by atoms with E-state index in [1.807, 2.05) is 0 Å². The Balaban J connectivity index is 1.64. The maximum atomic E-state index is 2.46. The average molecular weight is 463 g/mol. The topological polar surface area (TPSA) is 0 Å². The van der Waals surface area contributed by atoms with Crippen LogP contribution in [0.3, 0.4) is 0 Å². The molecule has 0 radical (unpaired) electrons. The molecule has 0 N–H and O–H groups in total. The van der Waals surface area contributed by atoms with Gasteiger partial charge in [0.05, 0.1) is 0 Å². The summed E-state index contributed by atoms with van der Waals surface area (Å²) in [6.45, 7) is 0. The molecular weight excluding hydrogens is 439 g/mol. The standard InChI is InChI=1S/C34H23P/c1-3-12-27(13-4-1)35(28-14-5-2-6-15-28)32-23-26-22-21-25-20-19-24-11-7-8-16-29(24)33(25)34(26)31-18-10-9-17-30(31)32/h1-23H. The van der Waals surface area contributed by atoms with Crippen molar-refractivity contribution in [3.05, 3.63) is 140 Å². The zero-order chi connectivity index (χ0) is 23.2. The smallest absolute Gasteiger partial charge is 0.00201 e. The largest absolute Gasteiger partial charge is 0.0622 e. The molecule has 0 saturated carbocycles. The predicted molar refractivity (Wildman–Crippen MR) is 155 cm³/mol. The first-order valence-corrected chi connectivity index (χ1v) is 13.4. The van der Waals surface area contributed by atoms with Gasteiger partial charge in [-0.2, -0.15) is 0 Å². The van der Waals surface area contributed by atoms with E-state index in [9.17, 15) is 0 Å². The molecule has 0 aromatic heterocycles. The lowest BCUT2D eigenvalue weighted by atomic mass is 9.93. The molecule has 0 nitrogen and oxygen atoms in total. The van der Waals surface area contributed by atoms with Crippen LogP contribution in [0.5, 0.6) is 0 Å². The van der Waals surface area contributed by atoms with Crippen molar-refractivity contribution in [2.45, 2.75) is 0 Å². The molecule has 7 rings (SSSR count). The molecular formula is C34H23P. The summed E-state index contributed by atoms with van der Waals surface area (Å²) in [5.41, 5.74) is 0. The highest BCUT2D eigenvalue weighted by Crippen LogP contribution is 2.41. The van der Waals surface area contributed by atoms with Gasteiger partial charge in [-0.15, -0.1) is 0 Å². The number of fused-ring (bicyclic) bond motifs is 7. The number of hydrogen-bond donors (Lipinski definition) is 0. The Bertz CT molecular complexity index is 1800. The van der Waals surface area contributed by atoms with E-state index in [2.05, 4.69) is 140 Å². The molecule has 35 heavy (non-hydrogen) atoms. The monoisotopic (exact) mass is 462 g/mol. The molecule has 0 saturated heterocycles. The predicted octanol–water partition coefficient (Wildman–Crippen LogP) is 8.06. The Hall–Kier alpha value is -3.99. The normalized spacial score (nSPS) is 11.7. The van der Waals surface area contributed by atoms with E-state index in [4.69, 9.17) is 0 Å². The van der Waals surface area contributed by atoms with Crippen LogP contribution in [0.4, 0.5) is 0 Å². The number of benzene rings is 7. The third-order valence-corrected chi connectivity index (χ3v) is 9.46. The first-order valence-electron chi connectivity index (χ1n) is 12.0. The van der Waals surface area contributed by atoms with E-state index < -0.39 is 7.92 Å². The van der Waals surface area contributed by atoms with Crippen LogP contribution in [0.1, 0.15) is 0 Å². The summed E-state index contributed by atoms with van der Waals surface area (Å²) in [7, 11) is -0.697. The minimum Gasteiger partial charge on any atom is -0.0622 e. The van der Waals surface area contributed by atoms with E-state index >= 15 is 0 Å². The van der Waals surface area contributed by atoms with Crippen molar-refractivity contribution in [2.75, 3.05) is 0 Å². The molecule has 0 aliphatic carbocycles. The van der Waals surface area contributed by atoms with Crippen LogP contribution in [0.25, 0.3) is 43.1 Å². The lowest BCUT2D eigenvalue weighted by Crippen LogP contribution is -2.21. The first-order chi connectivity index (χ1) is 17.4. The van der Waals surface area contributed by atoms with Gasteiger partial charge in [-0.05, 0) is 73.0 Å². The van der Waals surface area contributed by atoms with Crippen LogP contribution in [-0.4, -0.2) is 0 Å². The van der Waals surface area contributed by atoms with Crippen LogP contribution < -0.4 is 15.9 Å². The van der Waals surface area contributed by atoms with Crippen LogP contribution in [0.2, 0.25) is 0 Å². The maximum absolute atomic E-state index is 2.46. The lowest BCUT2D eigenvalue weighted by Gasteiger charge is -2.23. The second-order valence-electron chi connectivity index (χ2n) is 9.00. The van der Waals surface area contributed by atoms with Crippen LogP contribution in [0.15, 0.2) is 140 Å². The molecule has 0 heterocycles. The van der Waals surface area contributed by atoms with Gasteiger partial charge < -0.3 is 0 Å². The first kappa shape index (κ1) is 20.4. The van der Waals surface area contributed by atoms with Gasteiger partial charge >= 0.3 is 0 Å². The van der Waals surface area contributed by atoms with Gasteiger partial charge in [0, 0.05) is 0 Å².